The highest BCUT2D eigenvalue weighted by atomic mass is 31.2. The van der Waals surface area contributed by atoms with E-state index in [1.165, 1.54) is 0 Å². The summed E-state index contributed by atoms with van der Waals surface area (Å²) in [6.07, 6.45) is 0. The minimum absolute atomic E-state index is 0.305. The van der Waals surface area contributed by atoms with Gasteiger partial charge in [0.05, 0.1) is 13.2 Å². The van der Waals surface area contributed by atoms with E-state index in [1.54, 1.807) is 13.8 Å². The van der Waals surface area contributed by atoms with Gasteiger partial charge >= 0.3 is 5.97 Å². The fourth-order valence-electron chi connectivity index (χ4n) is 0.687. The molecule has 2 unspecified atom stereocenters. The van der Waals surface area contributed by atoms with Gasteiger partial charge in [0.15, 0.2) is 8.45 Å². The van der Waals surface area contributed by atoms with Crippen LogP contribution in [0, 0.1) is 0 Å². The Morgan fingerprint density at radius 3 is 2.62 bits per heavy atom. The highest BCUT2D eigenvalue weighted by Gasteiger charge is 2.16. The summed E-state index contributed by atoms with van der Waals surface area (Å²) >= 11 is 0. The molecule has 0 rings (SSSR count). The number of carbonyl (C=O) groups is 1. The van der Waals surface area contributed by atoms with Crippen molar-refractivity contribution < 1.29 is 14.1 Å². The minimum atomic E-state index is -1.21. The van der Waals surface area contributed by atoms with Crippen LogP contribution in [0.4, 0.5) is 0 Å². The second-order valence-electron chi connectivity index (χ2n) is 2.35. The fourth-order valence-corrected chi connectivity index (χ4v) is 1.53. The molecule has 0 aliphatic rings. The molecule has 0 amide bonds. The predicted molar refractivity (Wildman–Crippen MR) is 52.0 cm³/mol. The van der Waals surface area contributed by atoms with E-state index in [4.69, 9.17) is 14.8 Å². The van der Waals surface area contributed by atoms with Gasteiger partial charge in [-0.15, -0.1) is 0 Å². The first-order valence-electron chi connectivity index (χ1n) is 4.22. The summed E-state index contributed by atoms with van der Waals surface area (Å²) in [7, 11) is -1.21. The number of nitrogens with two attached hydrogens (primary N) is 1. The van der Waals surface area contributed by atoms with Crippen LogP contribution in [0.2, 0.25) is 0 Å². The standard InChI is InChI=1S/C7H17N2O3P/c1-4-11-7(10)6(3)9-13(8)12-5-2/h6,9H,4-5,8H2,1-3H3. The molecule has 78 valence electrons. The molecular weight excluding hydrogens is 191 g/mol. The molecule has 0 aromatic heterocycles. The second-order valence-corrected chi connectivity index (χ2v) is 3.51. The molecule has 0 saturated carbocycles. The van der Waals surface area contributed by atoms with Crippen molar-refractivity contribution in [2.24, 2.45) is 5.50 Å². The average molecular weight is 208 g/mol. The van der Waals surface area contributed by atoms with Gasteiger partial charge in [0.25, 0.3) is 0 Å². The average Bonchev–Trinajstić information content (AvgIpc) is 2.05. The zero-order chi connectivity index (χ0) is 10.3. The Morgan fingerprint density at radius 2 is 2.15 bits per heavy atom. The largest absolute Gasteiger partial charge is 0.465 e. The molecule has 0 radical (unpaired) electrons. The van der Waals surface area contributed by atoms with E-state index in [9.17, 15) is 4.79 Å². The lowest BCUT2D eigenvalue weighted by atomic mass is 10.4. The number of rotatable bonds is 6. The van der Waals surface area contributed by atoms with Crippen molar-refractivity contribution in [1.82, 2.24) is 5.09 Å². The van der Waals surface area contributed by atoms with Crippen molar-refractivity contribution >= 4 is 14.4 Å². The lowest BCUT2D eigenvalue weighted by Crippen LogP contribution is -2.34. The van der Waals surface area contributed by atoms with Gasteiger partial charge in [-0.3, -0.25) is 10.3 Å². The number of hydrogen-bond acceptors (Lipinski definition) is 5. The summed E-state index contributed by atoms with van der Waals surface area (Å²) in [6.45, 7) is 6.21. The van der Waals surface area contributed by atoms with E-state index in [1.807, 2.05) is 6.92 Å². The molecule has 0 saturated heterocycles. The number of esters is 1. The highest BCUT2D eigenvalue weighted by molar-refractivity contribution is 7.47. The summed E-state index contributed by atoms with van der Waals surface area (Å²) < 4.78 is 9.84. The van der Waals surface area contributed by atoms with Crippen LogP contribution in [-0.4, -0.2) is 25.2 Å². The monoisotopic (exact) mass is 208 g/mol. The smallest absolute Gasteiger partial charge is 0.323 e. The van der Waals surface area contributed by atoms with Gasteiger partial charge in [0.2, 0.25) is 0 Å². The van der Waals surface area contributed by atoms with Crippen molar-refractivity contribution in [3.8, 4) is 0 Å². The fraction of sp³-hybridized carbons (Fsp3) is 0.857. The third-order valence-electron chi connectivity index (χ3n) is 1.23. The maximum atomic E-state index is 11.1. The van der Waals surface area contributed by atoms with Crippen LogP contribution < -0.4 is 10.6 Å². The summed E-state index contributed by atoms with van der Waals surface area (Å²) in [5, 5.41) is 2.81. The molecule has 6 heteroatoms. The molecule has 2 atom stereocenters. The molecular formula is C7H17N2O3P. The van der Waals surface area contributed by atoms with Crippen LogP contribution in [-0.2, 0) is 14.1 Å². The zero-order valence-electron chi connectivity index (χ0n) is 8.24. The van der Waals surface area contributed by atoms with Crippen molar-refractivity contribution in [2.75, 3.05) is 13.2 Å². The molecule has 0 spiro atoms. The van der Waals surface area contributed by atoms with Crippen LogP contribution in [0.3, 0.4) is 0 Å². The van der Waals surface area contributed by atoms with Gasteiger partial charge in [-0.2, -0.15) is 0 Å². The highest BCUT2D eigenvalue weighted by Crippen LogP contribution is 2.21. The first kappa shape index (κ1) is 12.8. The Hall–Kier alpha value is -0.220. The van der Waals surface area contributed by atoms with Crippen LogP contribution in [0.5, 0.6) is 0 Å². The second kappa shape index (κ2) is 7.21. The molecule has 0 fully saturated rings. The van der Waals surface area contributed by atoms with Crippen LogP contribution >= 0.6 is 8.45 Å². The summed E-state index contributed by atoms with van der Waals surface area (Å²) in [5.41, 5.74) is 5.54. The van der Waals surface area contributed by atoms with E-state index < -0.39 is 14.5 Å². The summed E-state index contributed by atoms with van der Waals surface area (Å²) in [5.74, 6) is -0.305. The van der Waals surface area contributed by atoms with Crippen LogP contribution in [0.15, 0.2) is 0 Å². The third kappa shape index (κ3) is 5.93. The SMILES string of the molecule is CCOC(=O)C(C)NP(N)OCC. The van der Waals surface area contributed by atoms with Crippen molar-refractivity contribution in [3.05, 3.63) is 0 Å². The van der Waals surface area contributed by atoms with Crippen molar-refractivity contribution in [2.45, 2.75) is 26.8 Å². The molecule has 0 aromatic carbocycles. The predicted octanol–water partition coefficient (Wildman–Crippen LogP) is 0.750. The third-order valence-corrected chi connectivity index (χ3v) is 2.41. The maximum absolute atomic E-state index is 11.1. The Balaban J connectivity index is 3.71. The summed E-state index contributed by atoms with van der Waals surface area (Å²) in [4.78, 5) is 11.1. The van der Waals surface area contributed by atoms with Gasteiger partial charge in [-0.05, 0) is 20.8 Å². The number of nitrogens with one attached hydrogen (secondary N) is 1. The number of carbonyl (C=O) groups excluding carboxylic acids is 1. The Morgan fingerprint density at radius 1 is 1.54 bits per heavy atom. The Bertz CT molecular complexity index is 157. The summed E-state index contributed by atoms with van der Waals surface area (Å²) in [6, 6.07) is -0.414. The lowest BCUT2D eigenvalue weighted by Gasteiger charge is -2.16. The Kier molecular flexibility index (Phi) is 7.09. The number of hydrogen-bond donors (Lipinski definition) is 2. The van der Waals surface area contributed by atoms with E-state index in [0.29, 0.717) is 13.2 Å². The molecule has 0 heterocycles. The van der Waals surface area contributed by atoms with E-state index >= 15 is 0 Å². The molecule has 0 aromatic rings. The molecule has 0 aliphatic heterocycles. The van der Waals surface area contributed by atoms with Gasteiger partial charge in [-0.1, -0.05) is 0 Å². The molecule has 0 aliphatic carbocycles. The first-order valence-corrected chi connectivity index (χ1v) is 5.55. The van der Waals surface area contributed by atoms with Crippen molar-refractivity contribution in [1.29, 1.82) is 0 Å². The van der Waals surface area contributed by atoms with E-state index in [2.05, 4.69) is 5.09 Å². The lowest BCUT2D eigenvalue weighted by molar-refractivity contribution is -0.144. The molecule has 5 nitrogen and oxygen atoms in total. The van der Waals surface area contributed by atoms with Gasteiger partial charge in [0, 0.05) is 0 Å². The maximum Gasteiger partial charge on any atom is 0.323 e. The van der Waals surface area contributed by atoms with E-state index in [-0.39, 0.29) is 5.97 Å². The first-order chi connectivity index (χ1) is 6.11. The van der Waals surface area contributed by atoms with Crippen molar-refractivity contribution in [3.63, 3.8) is 0 Å². The minimum Gasteiger partial charge on any atom is -0.465 e. The van der Waals surface area contributed by atoms with Crippen LogP contribution in [0.25, 0.3) is 0 Å². The quantitative estimate of drug-likeness (QED) is 0.497. The van der Waals surface area contributed by atoms with Crippen LogP contribution in [0.1, 0.15) is 20.8 Å². The van der Waals surface area contributed by atoms with Gasteiger partial charge < -0.3 is 9.26 Å². The topological polar surface area (TPSA) is 73.6 Å². The molecule has 13 heavy (non-hydrogen) atoms. The van der Waals surface area contributed by atoms with Gasteiger partial charge in [0.1, 0.15) is 6.04 Å². The normalized spacial score (nSPS) is 15.1. The molecule has 3 N–H and O–H groups in total. The number of ether oxygens (including phenoxy) is 1. The Labute approximate surface area is 79.9 Å². The van der Waals surface area contributed by atoms with E-state index in [0.717, 1.165) is 0 Å². The van der Waals surface area contributed by atoms with Gasteiger partial charge in [-0.25, -0.2) is 5.09 Å². The zero-order valence-corrected chi connectivity index (χ0v) is 9.14. The molecule has 0 bridgehead atoms.